The summed E-state index contributed by atoms with van der Waals surface area (Å²) in [6.07, 6.45) is 15.0. The van der Waals surface area contributed by atoms with Gasteiger partial charge < -0.3 is 0 Å². The third-order valence-electron chi connectivity index (χ3n) is 17.1. The molecule has 0 amide bonds. The highest BCUT2D eigenvalue weighted by Crippen LogP contribution is 2.30. The van der Waals surface area contributed by atoms with Gasteiger partial charge in [0.25, 0.3) is 0 Å². The summed E-state index contributed by atoms with van der Waals surface area (Å²) in [4.78, 5) is 39.2. The topological polar surface area (TPSA) is 116 Å². The highest BCUT2D eigenvalue weighted by atomic mass is 14.7. The lowest BCUT2D eigenvalue weighted by molar-refractivity contribution is 1.29. The zero-order valence-corrected chi connectivity index (χ0v) is 79.4. The lowest BCUT2D eigenvalue weighted by Gasteiger charge is -2.05. The molecule has 19 rings (SSSR count). The summed E-state index contributed by atoms with van der Waals surface area (Å²) in [6.45, 7) is 62.5. The summed E-state index contributed by atoms with van der Waals surface area (Å²) in [6, 6.07) is 87.5. The van der Waals surface area contributed by atoms with Crippen LogP contribution < -0.4 is 0 Å². The van der Waals surface area contributed by atoms with Gasteiger partial charge in [-0.05, 0) is 171 Å². The van der Waals surface area contributed by atoms with Crippen molar-refractivity contribution in [1.29, 1.82) is 0 Å². The van der Waals surface area contributed by atoms with E-state index in [1.54, 1.807) is 18.6 Å². The Morgan fingerprint density at radius 3 is 1.04 bits per heavy atom. The van der Waals surface area contributed by atoms with Gasteiger partial charge in [0.05, 0.1) is 49.7 Å². The highest BCUT2D eigenvalue weighted by Gasteiger charge is 2.07. The minimum atomic E-state index is 0.957. The Balaban J connectivity index is 0.000000678. The fourth-order valence-corrected chi connectivity index (χ4v) is 12.1. The molecule has 0 saturated carbocycles. The first-order valence-corrected chi connectivity index (χ1v) is 44.5. The van der Waals surface area contributed by atoms with Crippen LogP contribution in [0.1, 0.15) is 205 Å². The lowest BCUT2D eigenvalue weighted by atomic mass is 10.0. The summed E-state index contributed by atoms with van der Waals surface area (Å²) in [5.41, 5.74) is 17.8. The molecule has 0 bridgehead atoms. The van der Waals surface area contributed by atoms with E-state index in [1.807, 2.05) is 278 Å². The van der Waals surface area contributed by atoms with Crippen molar-refractivity contribution in [2.24, 2.45) is 0 Å². The molecule has 121 heavy (non-hydrogen) atoms. The molecular weight excluding hydrogens is 1470 g/mol. The normalized spacial score (nSPS) is 9.28. The standard InChI is InChI=1S/5C14H11N.2C9H8N2.12C2H6/c1-10-11-6-2-3-7-12(11)13-8-4-5-9-14(13)15-10;1-10-6-7-12-11(8-10)9-15-14-5-3-2-4-13(12)14;1-10-6-7-11-9-15-14-5-3-2-4-12(14)13(11)8-10;1-10-6-7-14-13(8-10)12-5-3-2-4-11(12)9-15-14;1-10-6-7-13-12-5-3-2-4-11(12)9-15-14(13)8-10;1-7-4-6-10-8-3-2-5-11-9(7)8;1-7-5-9-8(11-6-7)3-2-4-10-9;12*1-2/h5*2-9H,1H3;2*2-6H,1H3;12*1-2H3. The molecular formula is C112H143N9. The molecule has 0 aliphatic rings. The fraction of sp³-hybridized carbons (Fsp3) is 0.277. The number of nitrogens with zero attached hydrogens (tertiary/aromatic N) is 9. The third-order valence-corrected chi connectivity index (χ3v) is 17.1. The van der Waals surface area contributed by atoms with Gasteiger partial charge in [-0.25, -0.2) is 0 Å². The third kappa shape index (κ3) is 31.7. The fourth-order valence-electron chi connectivity index (χ4n) is 12.1. The monoisotopic (exact) mass is 1610 g/mol. The van der Waals surface area contributed by atoms with E-state index >= 15 is 0 Å². The van der Waals surface area contributed by atoms with Gasteiger partial charge in [0.2, 0.25) is 0 Å². The van der Waals surface area contributed by atoms with Crippen LogP contribution in [0.2, 0.25) is 0 Å². The summed E-state index contributed by atoms with van der Waals surface area (Å²) in [7, 11) is 0. The maximum atomic E-state index is 4.60. The molecule has 0 saturated heterocycles. The van der Waals surface area contributed by atoms with Gasteiger partial charge in [-0.1, -0.05) is 359 Å². The van der Waals surface area contributed by atoms with Crippen molar-refractivity contribution in [2.75, 3.05) is 0 Å². The molecule has 9 aromatic heterocycles. The minimum Gasteiger partial charge on any atom is -0.256 e. The first kappa shape index (κ1) is 107. The number of hydrogen-bond donors (Lipinski definition) is 0. The van der Waals surface area contributed by atoms with Crippen LogP contribution in [0.15, 0.2) is 304 Å². The first-order valence-electron chi connectivity index (χ1n) is 44.5. The Hall–Kier alpha value is -12.3. The number of benzene rings is 10. The predicted octanol–water partition coefficient (Wildman–Crippen LogP) is 34.7. The molecule has 0 spiro atoms. The number of fused-ring (bicyclic) bond motifs is 17. The molecule has 9 heterocycles. The highest BCUT2D eigenvalue weighted by molar-refractivity contribution is 6.09. The maximum absolute atomic E-state index is 4.60. The molecule has 10 aromatic carbocycles. The molecule has 9 heteroatoms. The van der Waals surface area contributed by atoms with Gasteiger partial charge in [-0.3, -0.25) is 44.9 Å². The lowest BCUT2D eigenvalue weighted by Crippen LogP contribution is -1.86. The molecule has 0 N–H and O–H groups in total. The number of hydrogen-bond acceptors (Lipinski definition) is 9. The second-order valence-electron chi connectivity index (χ2n) is 24.3. The Labute approximate surface area is 728 Å². The average molecular weight is 1620 g/mol. The van der Waals surface area contributed by atoms with Crippen LogP contribution in [0.25, 0.3) is 130 Å². The molecule has 0 aliphatic heterocycles. The zero-order valence-electron chi connectivity index (χ0n) is 79.4. The van der Waals surface area contributed by atoms with Crippen LogP contribution in [-0.2, 0) is 0 Å². The number of pyridine rings is 9. The number of aromatic nitrogens is 9. The van der Waals surface area contributed by atoms with Crippen LogP contribution >= 0.6 is 0 Å². The molecule has 19 aromatic rings. The van der Waals surface area contributed by atoms with Crippen LogP contribution in [0.4, 0.5) is 0 Å². The Morgan fingerprint density at radius 1 is 0.165 bits per heavy atom. The van der Waals surface area contributed by atoms with E-state index in [1.165, 1.54) is 109 Å². The van der Waals surface area contributed by atoms with Crippen LogP contribution in [0.5, 0.6) is 0 Å². The molecule has 636 valence electrons. The number of aryl methyl sites for hydroxylation is 7. The molecule has 0 aliphatic carbocycles. The van der Waals surface area contributed by atoms with E-state index in [0.29, 0.717) is 0 Å². The van der Waals surface area contributed by atoms with E-state index in [0.717, 1.165) is 60.9 Å². The van der Waals surface area contributed by atoms with Gasteiger partial charge in [0, 0.05) is 109 Å². The van der Waals surface area contributed by atoms with Gasteiger partial charge in [0.15, 0.2) is 0 Å². The summed E-state index contributed by atoms with van der Waals surface area (Å²) in [5.74, 6) is 0. The molecule has 0 atom stereocenters. The van der Waals surface area contributed by atoms with E-state index in [9.17, 15) is 0 Å². The molecule has 0 unspecified atom stereocenters. The first-order chi connectivity index (χ1) is 59.5. The maximum Gasteiger partial charge on any atom is 0.0915 e. The smallest absolute Gasteiger partial charge is 0.0915 e. The largest absolute Gasteiger partial charge is 0.256 e. The molecule has 0 fully saturated rings. The van der Waals surface area contributed by atoms with Crippen molar-refractivity contribution in [2.45, 2.75) is 215 Å². The van der Waals surface area contributed by atoms with Crippen molar-refractivity contribution in [3.63, 3.8) is 0 Å². The predicted molar refractivity (Wildman–Crippen MR) is 545 cm³/mol. The molecule has 9 nitrogen and oxygen atoms in total. The number of para-hydroxylation sites is 3. The van der Waals surface area contributed by atoms with Crippen LogP contribution in [0.3, 0.4) is 0 Å². The van der Waals surface area contributed by atoms with Gasteiger partial charge in [-0.2, -0.15) is 0 Å². The van der Waals surface area contributed by atoms with Crippen molar-refractivity contribution in [1.82, 2.24) is 44.9 Å². The van der Waals surface area contributed by atoms with Crippen molar-refractivity contribution in [3.05, 3.63) is 343 Å². The second-order valence-corrected chi connectivity index (χ2v) is 24.3. The van der Waals surface area contributed by atoms with Crippen LogP contribution in [0, 0.1) is 48.5 Å². The van der Waals surface area contributed by atoms with E-state index in [2.05, 4.69) is 268 Å². The Morgan fingerprint density at radius 2 is 0.496 bits per heavy atom. The number of rotatable bonds is 0. The van der Waals surface area contributed by atoms with Gasteiger partial charge in [-0.15, -0.1) is 0 Å². The SMILES string of the molecule is CC.CC.CC.CC.CC.CC.CC.CC.CC.CC.CC.CC.Cc1ccc2c(c1)ncc1ccccc12.Cc1ccc2c(cnc3ccccc32)c1.Cc1ccc2cnc3ccccc3c2c1.Cc1ccc2ncc3ccccc3c2c1.Cc1ccnc2cccnc12.Cc1cnc2cccnc2c1.Cc1nc2ccccc2c2ccccc12. The summed E-state index contributed by atoms with van der Waals surface area (Å²) in [5, 5.41) is 18.7. The van der Waals surface area contributed by atoms with E-state index in [-0.39, 0.29) is 0 Å². The minimum absolute atomic E-state index is 0.957. The summed E-state index contributed by atoms with van der Waals surface area (Å²) >= 11 is 0. The van der Waals surface area contributed by atoms with Gasteiger partial charge in [0.1, 0.15) is 0 Å². The Kier molecular flexibility index (Phi) is 55.4. The van der Waals surface area contributed by atoms with E-state index < -0.39 is 0 Å². The van der Waals surface area contributed by atoms with Gasteiger partial charge >= 0.3 is 0 Å². The average Bonchev–Trinajstić information content (AvgIpc) is 0.771. The van der Waals surface area contributed by atoms with Crippen molar-refractivity contribution in [3.8, 4) is 0 Å². The molecule has 0 radical (unpaired) electrons. The van der Waals surface area contributed by atoms with E-state index in [4.69, 9.17) is 0 Å². The van der Waals surface area contributed by atoms with Crippen LogP contribution in [-0.4, -0.2) is 44.9 Å². The second kappa shape index (κ2) is 62.8. The quantitative estimate of drug-likeness (QED) is 0.137. The zero-order chi connectivity index (χ0) is 90.6. The van der Waals surface area contributed by atoms with Crippen molar-refractivity contribution < 1.29 is 0 Å². The Bertz CT molecular complexity index is 5770. The van der Waals surface area contributed by atoms with Crippen molar-refractivity contribution >= 4 is 130 Å². The summed E-state index contributed by atoms with van der Waals surface area (Å²) < 4.78 is 0.